The number of carbonyl (C=O) groups is 2. The maximum Gasteiger partial charge on any atom is 0.178 e. The molecule has 0 aromatic carbocycles. The molecule has 0 bridgehead atoms. The Balaban J connectivity index is 1.73. The van der Waals surface area contributed by atoms with Gasteiger partial charge in [0.1, 0.15) is 0 Å². The highest BCUT2D eigenvalue weighted by Crippen LogP contribution is 2.71. The lowest BCUT2D eigenvalue weighted by molar-refractivity contribution is -0.133. The Morgan fingerprint density at radius 2 is 1.88 bits per heavy atom. The number of allylic oxidation sites excluding steroid dienone is 4. The number of carbonyl (C=O) groups excluding carboxylic acids is 2. The average molecular weight is 361 g/mol. The van der Waals surface area contributed by atoms with Gasteiger partial charge in [0.05, 0.1) is 5.88 Å². The number of rotatable bonds is 2. The second-order valence-corrected chi connectivity index (χ2v) is 9.84. The lowest BCUT2D eigenvalue weighted by Gasteiger charge is -2.62. The fourth-order valence-corrected chi connectivity index (χ4v) is 7.66. The summed E-state index contributed by atoms with van der Waals surface area (Å²) in [4.78, 5) is 24.3. The molecule has 0 heterocycles. The third-order valence-corrected chi connectivity index (χ3v) is 8.94. The van der Waals surface area contributed by atoms with Crippen molar-refractivity contribution in [2.45, 2.75) is 59.3 Å². The molecule has 4 aliphatic rings. The van der Waals surface area contributed by atoms with E-state index in [1.807, 2.05) is 6.08 Å². The standard InChI is InChI=1S/C22H29ClO2/c1-20-10-7-15(24)12-14(20)6-9-22(3)18-5-4-16(17(25)13-23)21(18,2)11-8-19(20)22/h7,10,12,16,18-19H,4-6,8-9,11,13H2,1-3H3/t16-,18-,19-,20+,21-,22+/m1/s1. The molecule has 2 nitrogen and oxygen atoms in total. The summed E-state index contributed by atoms with van der Waals surface area (Å²) in [5.41, 5.74) is 1.68. The predicted molar refractivity (Wildman–Crippen MR) is 100 cm³/mol. The average Bonchev–Trinajstić information content (AvgIpc) is 2.93. The van der Waals surface area contributed by atoms with Crippen LogP contribution in [-0.4, -0.2) is 17.4 Å². The van der Waals surface area contributed by atoms with Gasteiger partial charge in [0, 0.05) is 11.3 Å². The van der Waals surface area contributed by atoms with Crippen molar-refractivity contribution in [3.05, 3.63) is 23.8 Å². The first-order valence-corrected chi connectivity index (χ1v) is 10.3. The molecule has 0 aromatic rings. The number of fused-ring (bicyclic) bond motifs is 5. The summed E-state index contributed by atoms with van der Waals surface area (Å²) < 4.78 is 0. The monoisotopic (exact) mass is 360 g/mol. The van der Waals surface area contributed by atoms with Crippen molar-refractivity contribution in [3.8, 4) is 0 Å². The minimum absolute atomic E-state index is 0.0107. The normalized spacial score (nSPS) is 48.4. The van der Waals surface area contributed by atoms with Crippen LogP contribution in [0.15, 0.2) is 23.8 Å². The Bertz CT molecular complexity index is 692. The number of hydrogen-bond acceptors (Lipinski definition) is 2. The summed E-state index contributed by atoms with van der Waals surface area (Å²) in [5, 5.41) is 0. The topological polar surface area (TPSA) is 34.1 Å². The third-order valence-electron chi connectivity index (χ3n) is 8.68. The van der Waals surface area contributed by atoms with Gasteiger partial charge in [-0.3, -0.25) is 9.59 Å². The van der Waals surface area contributed by atoms with Crippen LogP contribution < -0.4 is 0 Å². The van der Waals surface area contributed by atoms with Crippen molar-refractivity contribution in [2.24, 2.45) is 34.0 Å². The van der Waals surface area contributed by atoms with Crippen LogP contribution in [0.2, 0.25) is 0 Å². The van der Waals surface area contributed by atoms with E-state index >= 15 is 0 Å². The quantitative estimate of drug-likeness (QED) is 0.641. The minimum atomic E-state index is 0.0107. The van der Waals surface area contributed by atoms with Crippen molar-refractivity contribution < 1.29 is 9.59 Å². The molecule has 25 heavy (non-hydrogen) atoms. The maximum absolute atomic E-state index is 12.5. The van der Waals surface area contributed by atoms with Gasteiger partial charge in [-0.25, -0.2) is 0 Å². The Kier molecular flexibility index (Phi) is 3.89. The number of ketones is 2. The molecule has 3 fully saturated rings. The van der Waals surface area contributed by atoms with E-state index in [1.165, 1.54) is 5.57 Å². The van der Waals surface area contributed by atoms with E-state index in [9.17, 15) is 9.59 Å². The van der Waals surface area contributed by atoms with Gasteiger partial charge in [-0.1, -0.05) is 32.4 Å². The molecule has 6 atom stereocenters. The fraction of sp³-hybridized carbons (Fsp3) is 0.727. The van der Waals surface area contributed by atoms with Crippen LogP contribution in [0.3, 0.4) is 0 Å². The van der Waals surface area contributed by atoms with Crippen LogP contribution in [0.25, 0.3) is 0 Å². The van der Waals surface area contributed by atoms with Crippen LogP contribution >= 0.6 is 11.6 Å². The fourth-order valence-electron chi connectivity index (χ4n) is 7.47. The zero-order chi connectivity index (χ0) is 18.0. The smallest absolute Gasteiger partial charge is 0.178 e. The van der Waals surface area contributed by atoms with Crippen LogP contribution in [0.5, 0.6) is 0 Å². The van der Waals surface area contributed by atoms with Gasteiger partial charge in [0.25, 0.3) is 0 Å². The van der Waals surface area contributed by atoms with E-state index in [-0.39, 0.29) is 39.6 Å². The molecule has 4 rings (SSSR count). The van der Waals surface area contributed by atoms with Gasteiger partial charge in [-0.15, -0.1) is 11.6 Å². The Morgan fingerprint density at radius 3 is 2.60 bits per heavy atom. The zero-order valence-electron chi connectivity index (χ0n) is 15.6. The zero-order valence-corrected chi connectivity index (χ0v) is 16.4. The van der Waals surface area contributed by atoms with E-state index in [0.29, 0.717) is 11.8 Å². The molecule has 0 unspecified atom stereocenters. The van der Waals surface area contributed by atoms with Crippen LogP contribution in [0, 0.1) is 34.0 Å². The second-order valence-electron chi connectivity index (χ2n) is 9.57. The van der Waals surface area contributed by atoms with Gasteiger partial charge in [-0.2, -0.15) is 0 Å². The highest BCUT2D eigenvalue weighted by Gasteiger charge is 2.64. The van der Waals surface area contributed by atoms with Gasteiger partial charge >= 0.3 is 0 Å². The summed E-state index contributed by atoms with van der Waals surface area (Å²) >= 11 is 5.93. The van der Waals surface area contributed by atoms with Crippen molar-refractivity contribution in [1.29, 1.82) is 0 Å². The van der Waals surface area contributed by atoms with Crippen molar-refractivity contribution in [3.63, 3.8) is 0 Å². The number of hydrogen-bond donors (Lipinski definition) is 0. The Labute approximate surface area is 156 Å². The molecule has 0 amide bonds. The third kappa shape index (κ3) is 2.22. The van der Waals surface area contributed by atoms with Crippen LogP contribution in [0.4, 0.5) is 0 Å². The Morgan fingerprint density at radius 1 is 1.12 bits per heavy atom. The van der Waals surface area contributed by atoms with Gasteiger partial charge in [0.15, 0.2) is 11.6 Å². The number of alkyl halides is 1. The molecule has 0 aromatic heterocycles. The molecule has 3 heteroatoms. The second kappa shape index (κ2) is 5.55. The summed E-state index contributed by atoms with van der Waals surface area (Å²) in [7, 11) is 0. The number of halogens is 1. The first-order valence-electron chi connectivity index (χ1n) is 9.78. The van der Waals surface area contributed by atoms with Gasteiger partial charge in [0.2, 0.25) is 0 Å². The predicted octanol–water partition coefficient (Wildman–Crippen LogP) is 5.11. The maximum atomic E-state index is 12.5. The van der Waals surface area contributed by atoms with Crippen molar-refractivity contribution in [1.82, 2.24) is 0 Å². The first-order chi connectivity index (χ1) is 11.8. The Hall–Kier alpha value is -0.890. The van der Waals surface area contributed by atoms with Crippen molar-refractivity contribution in [2.75, 3.05) is 5.88 Å². The van der Waals surface area contributed by atoms with Gasteiger partial charge in [-0.05, 0) is 73.3 Å². The van der Waals surface area contributed by atoms with Crippen molar-refractivity contribution >= 4 is 23.2 Å². The minimum Gasteiger partial charge on any atom is -0.298 e. The van der Waals surface area contributed by atoms with Crippen LogP contribution in [0.1, 0.15) is 59.3 Å². The summed E-state index contributed by atoms with van der Waals surface area (Å²) in [6.07, 6.45) is 12.4. The van der Waals surface area contributed by atoms with E-state index in [1.54, 1.807) is 6.08 Å². The molecule has 0 spiro atoms. The molecular weight excluding hydrogens is 332 g/mol. The van der Waals surface area contributed by atoms with E-state index in [2.05, 4.69) is 26.8 Å². The van der Waals surface area contributed by atoms with E-state index in [4.69, 9.17) is 11.6 Å². The molecule has 136 valence electrons. The largest absolute Gasteiger partial charge is 0.298 e. The van der Waals surface area contributed by atoms with Crippen LogP contribution in [-0.2, 0) is 9.59 Å². The molecule has 0 saturated heterocycles. The molecule has 0 aliphatic heterocycles. The van der Waals surface area contributed by atoms with Gasteiger partial charge < -0.3 is 0 Å². The SMILES string of the molecule is C[C@]12CC[C@H]3[C@@](C)(CCC4=CC(=O)C=C[C@@]43C)[C@@H]1CC[C@@H]2C(=O)CCl. The summed E-state index contributed by atoms with van der Waals surface area (Å²) in [5.74, 6) is 1.83. The molecule has 0 N–H and O–H groups in total. The highest BCUT2D eigenvalue weighted by molar-refractivity contribution is 6.28. The number of Topliss-reactive ketones (excluding diaryl/α,β-unsaturated/α-hetero) is 1. The summed E-state index contributed by atoms with van der Waals surface area (Å²) in [6.45, 7) is 7.16. The van der Waals surface area contributed by atoms with E-state index < -0.39 is 0 Å². The molecule has 0 radical (unpaired) electrons. The summed E-state index contributed by atoms with van der Waals surface area (Å²) in [6, 6.07) is 0. The molecular formula is C22H29ClO2. The lowest BCUT2D eigenvalue weighted by Crippen LogP contribution is -2.56. The first kappa shape index (κ1) is 17.5. The lowest BCUT2D eigenvalue weighted by atomic mass is 9.41. The highest BCUT2D eigenvalue weighted by atomic mass is 35.5. The molecule has 3 saturated carbocycles. The molecule has 4 aliphatic carbocycles. The van der Waals surface area contributed by atoms with E-state index in [0.717, 1.165) is 38.5 Å².